The molecule has 0 aliphatic carbocycles. The Kier molecular flexibility index (Phi) is 7.32. The second-order valence-corrected chi connectivity index (χ2v) is 4.55. The van der Waals surface area contributed by atoms with Gasteiger partial charge in [0.2, 0.25) is 0 Å². The van der Waals surface area contributed by atoms with Crippen molar-refractivity contribution in [3.8, 4) is 0 Å². The summed E-state index contributed by atoms with van der Waals surface area (Å²) in [6.45, 7) is 1.90. The summed E-state index contributed by atoms with van der Waals surface area (Å²) in [5.74, 6) is -2.05. The molecule has 2 rings (SSSR count). The first-order valence-electron chi connectivity index (χ1n) is 6.69. The number of ether oxygens (including phenoxy) is 1. The van der Waals surface area contributed by atoms with Crippen molar-refractivity contribution in [2.75, 3.05) is 0 Å². The Morgan fingerprint density at radius 3 is 2.09 bits per heavy atom. The maximum Gasteiger partial charge on any atom is 1.00 e. The fourth-order valence-electron chi connectivity index (χ4n) is 2.09. The van der Waals surface area contributed by atoms with Gasteiger partial charge in [-0.15, -0.1) is 0 Å². The maximum absolute atomic E-state index is 12.2. The van der Waals surface area contributed by atoms with E-state index in [2.05, 4.69) is 0 Å². The third-order valence-electron chi connectivity index (χ3n) is 3.16. The van der Waals surface area contributed by atoms with Crippen LogP contribution in [0.2, 0.25) is 0 Å². The summed E-state index contributed by atoms with van der Waals surface area (Å²) in [7, 11) is 0. The van der Waals surface area contributed by atoms with E-state index in [0.717, 1.165) is 5.56 Å². The molecule has 0 heterocycles. The van der Waals surface area contributed by atoms with Crippen LogP contribution in [0.3, 0.4) is 0 Å². The number of esters is 1. The zero-order chi connectivity index (χ0) is 15.2. The summed E-state index contributed by atoms with van der Waals surface area (Å²) in [4.78, 5) is 23.2. The Morgan fingerprint density at radius 1 is 1.00 bits per heavy atom. The molecule has 4 nitrogen and oxygen atoms in total. The molecular formula is C17H15NaO4. The van der Waals surface area contributed by atoms with Gasteiger partial charge in [-0.2, -0.15) is 0 Å². The standard InChI is InChI=1S/C17H16O4.Na/c1-2-15(12-8-4-3-5-9-12)21-17(20)14-11-7-6-10-13(14)16(18)19;/h3-11,15H,2H2,1H3,(H,18,19);/q;+1/p-1. The van der Waals surface area contributed by atoms with Crippen LogP contribution < -0.4 is 34.7 Å². The molecule has 0 bridgehead atoms. The molecular weight excluding hydrogens is 291 g/mol. The second kappa shape index (κ2) is 8.73. The van der Waals surface area contributed by atoms with Gasteiger partial charge in [0.15, 0.2) is 0 Å². The Bertz CT molecular complexity index is 640. The SMILES string of the molecule is CCC(OC(=O)c1ccccc1C(=O)[O-])c1ccccc1.[Na+]. The molecule has 0 aliphatic heterocycles. The van der Waals surface area contributed by atoms with Crippen LogP contribution in [-0.2, 0) is 4.74 Å². The van der Waals surface area contributed by atoms with E-state index in [9.17, 15) is 14.7 Å². The zero-order valence-electron chi connectivity index (χ0n) is 12.6. The fraction of sp³-hybridized carbons (Fsp3) is 0.176. The van der Waals surface area contributed by atoms with Gasteiger partial charge in [0.05, 0.1) is 11.5 Å². The number of carboxylic acids is 1. The van der Waals surface area contributed by atoms with Gasteiger partial charge in [0.1, 0.15) is 6.10 Å². The van der Waals surface area contributed by atoms with Gasteiger partial charge < -0.3 is 14.6 Å². The predicted octanol–water partition coefficient (Wildman–Crippen LogP) is -0.638. The van der Waals surface area contributed by atoms with Crippen molar-refractivity contribution < 1.29 is 49.0 Å². The molecule has 0 radical (unpaired) electrons. The molecule has 0 N–H and O–H groups in total. The number of hydrogen-bond acceptors (Lipinski definition) is 4. The van der Waals surface area contributed by atoms with Crippen LogP contribution in [0.25, 0.3) is 0 Å². The van der Waals surface area contributed by atoms with Crippen molar-refractivity contribution in [1.82, 2.24) is 0 Å². The Hall–Kier alpha value is -1.62. The maximum atomic E-state index is 12.2. The molecule has 1 unspecified atom stereocenters. The summed E-state index contributed by atoms with van der Waals surface area (Å²) < 4.78 is 5.43. The zero-order valence-corrected chi connectivity index (χ0v) is 14.6. The minimum absolute atomic E-state index is 0. The largest absolute Gasteiger partial charge is 1.00 e. The van der Waals surface area contributed by atoms with Crippen molar-refractivity contribution in [3.05, 3.63) is 71.3 Å². The molecule has 2 aromatic rings. The van der Waals surface area contributed by atoms with Crippen molar-refractivity contribution in [2.45, 2.75) is 19.4 Å². The van der Waals surface area contributed by atoms with Gasteiger partial charge in [-0.05, 0) is 18.1 Å². The summed E-state index contributed by atoms with van der Waals surface area (Å²) >= 11 is 0. The van der Waals surface area contributed by atoms with E-state index in [0.29, 0.717) is 6.42 Å². The van der Waals surface area contributed by atoms with Gasteiger partial charge >= 0.3 is 35.5 Å². The Labute approximate surface area is 151 Å². The minimum Gasteiger partial charge on any atom is -0.545 e. The van der Waals surface area contributed by atoms with Gasteiger partial charge in [0, 0.05) is 5.56 Å². The number of rotatable bonds is 5. The number of carbonyl (C=O) groups excluding carboxylic acids is 2. The molecule has 0 aliphatic rings. The van der Waals surface area contributed by atoms with E-state index in [4.69, 9.17) is 4.74 Å². The van der Waals surface area contributed by atoms with E-state index in [1.807, 2.05) is 37.3 Å². The molecule has 22 heavy (non-hydrogen) atoms. The average molecular weight is 306 g/mol. The van der Waals surface area contributed by atoms with Crippen LogP contribution in [0, 0.1) is 0 Å². The molecule has 0 saturated carbocycles. The number of hydrogen-bond donors (Lipinski definition) is 0. The van der Waals surface area contributed by atoms with Crippen LogP contribution >= 0.6 is 0 Å². The smallest absolute Gasteiger partial charge is 0.545 e. The first-order valence-corrected chi connectivity index (χ1v) is 6.69. The summed E-state index contributed by atoms with van der Waals surface area (Å²) in [5.41, 5.74) is 0.719. The molecule has 2 aromatic carbocycles. The van der Waals surface area contributed by atoms with Gasteiger partial charge in [0.25, 0.3) is 0 Å². The predicted molar refractivity (Wildman–Crippen MR) is 75.7 cm³/mol. The monoisotopic (exact) mass is 306 g/mol. The Morgan fingerprint density at radius 2 is 1.55 bits per heavy atom. The first-order chi connectivity index (χ1) is 10.1. The van der Waals surface area contributed by atoms with Crippen molar-refractivity contribution in [1.29, 1.82) is 0 Å². The van der Waals surface area contributed by atoms with Crippen molar-refractivity contribution in [2.24, 2.45) is 0 Å². The normalized spacial score (nSPS) is 11.1. The van der Waals surface area contributed by atoms with E-state index in [1.54, 1.807) is 6.07 Å². The molecule has 1 atom stereocenters. The van der Waals surface area contributed by atoms with Crippen molar-refractivity contribution >= 4 is 11.9 Å². The first kappa shape index (κ1) is 18.4. The molecule has 0 aromatic heterocycles. The molecule has 5 heteroatoms. The number of aromatic carboxylic acids is 1. The Balaban J connectivity index is 0.00000242. The third-order valence-corrected chi connectivity index (χ3v) is 3.16. The number of carbonyl (C=O) groups is 2. The number of carboxylic acid groups (broad SMARTS) is 1. The summed E-state index contributed by atoms with van der Waals surface area (Å²) in [6, 6.07) is 15.2. The quantitative estimate of drug-likeness (QED) is 0.544. The molecule has 0 spiro atoms. The molecule has 0 amide bonds. The van der Waals surface area contributed by atoms with Crippen molar-refractivity contribution in [3.63, 3.8) is 0 Å². The topological polar surface area (TPSA) is 66.4 Å². The van der Waals surface area contributed by atoms with E-state index >= 15 is 0 Å². The van der Waals surface area contributed by atoms with E-state index < -0.39 is 18.0 Å². The molecule has 108 valence electrons. The van der Waals surface area contributed by atoms with Gasteiger partial charge in [-0.1, -0.05) is 55.5 Å². The fourth-order valence-corrected chi connectivity index (χ4v) is 2.09. The molecule has 0 fully saturated rings. The van der Waals surface area contributed by atoms with Crippen LogP contribution in [0.4, 0.5) is 0 Å². The van der Waals surface area contributed by atoms with Crippen LogP contribution in [-0.4, -0.2) is 11.9 Å². The van der Waals surface area contributed by atoms with Crippen LogP contribution in [0.5, 0.6) is 0 Å². The van der Waals surface area contributed by atoms with Crippen LogP contribution in [0.1, 0.15) is 45.7 Å². The molecule has 0 saturated heterocycles. The second-order valence-electron chi connectivity index (χ2n) is 4.55. The average Bonchev–Trinajstić information content (AvgIpc) is 2.53. The summed E-state index contributed by atoms with van der Waals surface area (Å²) in [6.07, 6.45) is 0.192. The van der Waals surface area contributed by atoms with Gasteiger partial charge in [-0.25, -0.2) is 4.79 Å². The van der Waals surface area contributed by atoms with Gasteiger partial charge in [-0.3, -0.25) is 0 Å². The summed E-state index contributed by atoms with van der Waals surface area (Å²) in [5, 5.41) is 11.0. The van der Waals surface area contributed by atoms with E-state index in [-0.39, 0.29) is 40.7 Å². The van der Waals surface area contributed by atoms with E-state index in [1.165, 1.54) is 18.2 Å². The minimum atomic E-state index is -1.39. The number of benzene rings is 2. The van der Waals surface area contributed by atoms with Crippen LogP contribution in [0.15, 0.2) is 54.6 Å². The third kappa shape index (κ3) is 4.44.